The number of aromatic nitrogens is 3. The molecule has 1 aromatic heterocycles. The van der Waals surface area contributed by atoms with Gasteiger partial charge in [0.25, 0.3) is 0 Å². The second-order valence-electron chi connectivity index (χ2n) is 5.95. The Hall–Kier alpha value is -1.92. The fraction of sp³-hybridized carbons (Fsp3) is 0.500. The third kappa shape index (κ3) is 2.48. The van der Waals surface area contributed by atoms with E-state index in [0.717, 1.165) is 44.1 Å². The number of aromatic amines is 1. The number of nitrogens with zero attached hydrogens (tertiary/aromatic N) is 3. The van der Waals surface area contributed by atoms with Crippen LogP contribution in [0.2, 0.25) is 0 Å². The number of fused-ring (bicyclic) bond motifs is 1. The number of H-pyrrole nitrogens is 1. The first-order chi connectivity index (χ1) is 10.8. The lowest BCUT2D eigenvalue weighted by atomic mass is 10.1. The molecule has 4 rings (SSSR count). The van der Waals surface area contributed by atoms with Crippen molar-refractivity contribution in [2.75, 3.05) is 20.3 Å². The Balaban J connectivity index is 1.55. The van der Waals surface area contributed by atoms with Gasteiger partial charge in [-0.25, -0.2) is 4.98 Å². The molecule has 116 valence electrons. The quantitative estimate of drug-likeness (QED) is 0.931. The highest BCUT2D eigenvalue weighted by Gasteiger charge is 2.35. The molecule has 0 unspecified atom stereocenters. The summed E-state index contributed by atoms with van der Waals surface area (Å²) < 4.78 is 11.1. The average Bonchev–Trinajstić information content (AvgIpc) is 3.27. The fourth-order valence-corrected chi connectivity index (χ4v) is 3.44. The number of hydrogen-bond acceptors (Lipinski definition) is 5. The Labute approximate surface area is 129 Å². The summed E-state index contributed by atoms with van der Waals surface area (Å²) in [5, 5.41) is 6.99. The van der Waals surface area contributed by atoms with Crippen LogP contribution in [0, 0.1) is 0 Å². The first-order valence-corrected chi connectivity index (χ1v) is 7.70. The molecule has 6 nitrogen and oxygen atoms in total. The Bertz CT molecular complexity index is 644. The van der Waals surface area contributed by atoms with E-state index in [0.29, 0.717) is 0 Å². The van der Waals surface area contributed by atoms with Crippen LogP contribution >= 0.6 is 0 Å². The van der Waals surface area contributed by atoms with E-state index < -0.39 is 0 Å². The van der Waals surface area contributed by atoms with E-state index in [1.165, 1.54) is 11.1 Å². The molecule has 22 heavy (non-hydrogen) atoms. The summed E-state index contributed by atoms with van der Waals surface area (Å²) in [6.45, 7) is 2.60. The van der Waals surface area contributed by atoms with Gasteiger partial charge in [-0.05, 0) is 23.6 Å². The first-order valence-electron chi connectivity index (χ1n) is 7.70. The molecule has 1 saturated heterocycles. The van der Waals surface area contributed by atoms with Crippen LogP contribution in [0.25, 0.3) is 0 Å². The maximum absolute atomic E-state index is 5.58. The third-order valence-corrected chi connectivity index (χ3v) is 4.59. The standard InChI is InChI=1S/C16H20N4O2/c1-21-13-7-14(16-17-10-18-19-16)20(9-13)8-11-2-3-15-12(6-11)4-5-22-15/h2-3,6,10,13-14H,4-5,7-9H2,1H3,(H,17,18,19)/t13-,14+/m1/s1. The van der Waals surface area contributed by atoms with Crippen LogP contribution in [0.1, 0.15) is 29.4 Å². The maximum Gasteiger partial charge on any atom is 0.141 e. The van der Waals surface area contributed by atoms with Crippen molar-refractivity contribution in [2.24, 2.45) is 0 Å². The molecule has 0 spiro atoms. The van der Waals surface area contributed by atoms with Crippen molar-refractivity contribution in [3.05, 3.63) is 41.5 Å². The van der Waals surface area contributed by atoms with Gasteiger partial charge in [0.2, 0.25) is 0 Å². The van der Waals surface area contributed by atoms with Gasteiger partial charge in [0.15, 0.2) is 0 Å². The molecule has 3 heterocycles. The van der Waals surface area contributed by atoms with Crippen LogP contribution in [-0.2, 0) is 17.7 Å². The highest BCUT2D eigenvalue weighted by Crippen LogP contribution is 2.33. The van der Waals surface area contributed by atoms with Gasteiger partial charge in [0.1, 0.15) is 17.9 Å². The minimum Gasteiger partial charge on any atom is -0.493 e. The molecule has 0 radical (unpaired) electrons. The molecule has 1 aromatic carbocycles. The van der Waals surface area contributed by atoms with Crippen molar-refractivity contribution < 1.29 is 9.47 Å². The summed E-state index contributed by atoms with van der Waals surface area (Å²) in [5.41, 5.74) is 2.63. The van der Waals surface area contributed by atoms with Gasteiger partial charge in [0.05, 0.1) is 18.8 Å². The zero-order chi connectivity index (χ0) is 14.9. The molecule has 0 amide bonds. The number of methoxy groups -OCH3 is 1. The van der Waals surface area contributed by atoms with E-state index in [-0.39, 0.29) is 12.1 Å². The Kier molecular flexibility index (Phi) is 3.56. The second kappa shape index (κ2) is 5.70. The summed E-state index contributed by atoms with van der Waals surface area (Å²) in [6.07, 6.45) is 3.77. The largest absolute Gasteiger partial charge is 0.493 e. The molecule has 0 saturated carbocycles. The van der Waals surface area contributed by atoms with Crippen molar-refractivity contribution in [3.63, 3.8) is 0 Å². The number of rotatable bonds is 4. The van der Waals surface area contributed by atoms with Gasteiger partial charge in [-0.3, -0.25) is 10.00 Å². The molecule has 2 aliphatic rings. The van der Waals surface area contributed by atoms with Crippen molar-refractivity contribution >= 4 is 0 Å². The van der Waals surface area contributed by atoms with Crippen molar-refractivity contribution in [1.82, 2.24) is 20.1 Å². The van der Waals surface area contributed by atoms with Crippen LogP contribution in [0.4, 0.5) is 0 Å². The minimum absolute atomic E-state index is 0.233. The van der Waals surface area contributed by atoms with Crippen LogP contribution in [0.5, 0.6) is 5.75 Å². The Morgan fingerprint density at radius 3 is 3.23 bits per heavy atom. The Morgan fingerprint density at radius 2 is 2.41 bits per heavy atom. The van der Waals surface area contributed by atoms with Crippen molar-refractivity contribution in [1.29, 1.82) is 0 Å². The predicted molar refractivity (Wildman–Crippen MR) is 80.6 cm³/mol. The Morgan fingerprint density at radius 1 is 1.45 bits per heavy atom. The second-order valence-corrected chi connectivity index (χ2v) is 5.95. The molecular weight excluding hydrogens is 280 g/mol. The van der Waals surface area contributed by atoms with E-state index >= 15 is 0 Å². The summed E-state index contributed by atoms with van der Waals surface area (Å²) in [7, 11) is 1.78. The lowest BCUT2D eigenvalue weighted by Gasteiger charge is -2.22. The van der Waals surface area contributed by atoms with Gasteiger partial charge in [-0.1, -0.05) is 12.1 Å². The minimum atomic E-state index is 0.233. The van der Waals surface area contributed by atoms with E-state index in [9.17, 15) is 0 Å². The summed E-state index contributed by atoms with van der Waals surface area (Å²) in [4.78, 5) is 6.74. The molecule has 1 fully saturated rings. The molecule has 2 atom stereocenters. The van der Waals surface area contributed by atoms with Crippen LogP contribution in [-0.4, -0.2) is 46.4 Å². The first kappa shape index (κ1) is 13.7. The molecule has 2 aliphatic heterocycles. The molecule has 2 aromatic rings. The molecule has 0 aliphatic carbocycles. The third-order valence-electron chi connectivity index (χ3n) is 4.59. The monoisotopic (exact) mass is 300 g/mol. The lowest BCUT2D eigenvalue weighted by Crippen LogP contribution is -2.25. The number of likely N-dealkylation sites (tertiary alicyclic amines) is 1. The van der Waals surface area contributed by atoms with E-state index in [1.807, 2.05) is 0 Å². The summed E-state index contributed by atoms with van der Waals surface area (Å²) in [6, 6.07) is 6.74. The van der Waals surface area contributed by atoms with Gasteiger partial charge >= 0.3 is 0 Å². The molecule has 6 heteroatoms. The predicted octanol–water partition coefficient (Wildman–Crippen LogP) is 1.70. The summed E-state index contributed by atoms with van der Waals surface area (Å²) in [5.74, 6) is 1.95. The van der Waals surface area contributed by atoms with Gasteiger partial charge in [0, 0.05) is 26.6 Å². The van der Waals surface area contributed by atoms with Gasteiger partial charge in [-0.15, -0.1) is 0 Å². The molecule has 1 N–H and O–H groups in total. The number of ether oxygens (including phenoxy) is 2. The van der Waals surface area contributed by atoms with Crippen molar-refractivity contribution in [3.8, 4) is 5.75 Å². The van der Waals surface area contributed by atoms with E-state index in [2.05, 4.69) is 38.3 Å². The lowest BCUT2D eigenvalue weighted by molar-refractivity contribution is 0.107. The van der Waals surface area contributed by atoms with E-state index in [4.69, 9.17) is 9.47 Å². The van der Waals surface area contributed by atoms with Crippen LogP contribution in [0.3, 0.4) is 0 Å². The number of hydrogen-bond donors (Lipinski definition) is 1. The van der Waals surface area contributed by atoms with Gasteiger partial charge < -0.3 is 9.47 Å². The normalized spacial score (nSPS) is 24.4. The fourth-order valence-electron chi connectivity index (χ4n) is 3.44. The average molecular weight is 300 g/mol. The topological polar surface area (TPSA) is 63.3 Å². The maximum atomic E-state index is 5.58. The van der Waals surface area contributed by atoms with Crippen LogP contribution in [0.15, 0.2) is 24.5 Å². The van der Waals surface area contributed by atoms with E-state index in [1.54, 1.807) is 13.4 Å². The SMILES string of the molecule is CO[C@@H]1C[C@@H](c2ncn[nH]2)N(Cc2ccc3c(c2)CCO3)C1. The smallest absolute Gasteiger partial charge is 0.141 e. The highest BCUT2D eigenvalue weighted by molar-refractivity contribution is 5.39. The molecular formula is C16H20N4O2. The van der Waals surface area contributed by atoms with Gasteiger partial charge in [-0.2, -0.15) is 5.10 Å². The number of nitrogens with one attached hydrogen (secondary N) is 1. The van der Waals surface area contributed by atoms with Crippen molar-refractivity contribution in [2.45, 2.75) is 31.5 Å². The zero-order valence-corrected chi connectivity index (χ0v) is 12.7. The summed E-state index contributed by atoms with van der Waals surface area (Å²) >= 11 is 0. The number of benzene rings is 1. The zero-order valence-electron chi connectivity index (χ0n) is 12.7. The highest BCUT2D eigenvalue weighted by atomic mass is 16.5. The molecule has 0 bridgehead atoms. The van der Waals surface area contributed by atoms with Crippen LogP contribution < -0.4 is 4.74 Å².